The summed E-state index contributed by atoms with van der Waals surface area (Å²) in [6.07, 6.45) is 4.33. The number of carbonyl (C=O) groups is 2. The summed E-state index contributed by atoms with van der Waals surface area (Å²) in [4.78, 5) is 24.6. The molecule has 1 aliphatic carbocycles. The molecule has 1 aromatic rings. The van der Waals surface area contributed by atoms with Crippen molar-refractivity contribution >= 4 is 11.8 Å². The van der Waals surface area contributed by atoms with E-state index in [1.54, 1.807) is 38.3 Å². The average molecular weight is 334 g/mol. The quantitative estimate of drug-likeness (QED) is 0.712. The van der Waals surface area contributed by atoms with Crippen LogP contribution in [0.25, 0.3) is 0 Å². The fraction of sp³-hybridized carbons (Fsp3) is 0.556. The molecule has 1 aromatic carbocycles. The molecule has 1 aliphatic rings. The Morgan fingerprint density at radius 2 is 1.92 bits per heavy atom. The first kappa shape index (κ1) is 18.3. The van der Waals surface area contributed by atoms with Crippen molar-refractivity contribution in [3.8, 4) is 5.75 Å². The monoisotopic (exact) mass is 334 g/mol. The van der Waals surface area contributed by atoms with Crippen LogP contribution in [0.15, 0.2) is 24.3 Å². The highest BCUT2D eigenvalue weighted by Crippen LogP contribution is 2.19. The molecule has 0 heterocycles. The van der Waals surface area contributed by atoms with Gasteiger partial charge in [0.05, 0.1) is 12.2 Å². The third kappa shape index (κ3) is 5.23. The Bertz CT molecular complexity index is 556. The first-order valence-electron chi connectivity index (χ1n) is 8.44. The maximum absolute atomic E-state index is 12.4. The maximum atomic E-state index is 12.4. The number of amides is 2. The van der Waals surface area contributed by atoms with E-state index < -0.39 is 6.04 Å². The Morgan fingerprint density at radius 1 is 1.21 bits per heavy atom. The minimum absolute atomic E-state index is 0.145. The molecule has 1 fully saturated rings. The number of hydrogen-bond acceptors (Lipinski definition) is 4. The zero-order valence-corrected chi connectivity index (χ0v) is 14.3. The molecule has 2 rings (SSSR count). The normalized spacial score (nSPS) is 15.8. The van der Waals surface area contributed by atoms with Gasteiger partial charge in [-0.3, -0.25) is 9.59 Å². The van der Waals surface area contributed by atoms with Gasteiger partial charge in [-0.2, -0.15) is 0 Å². The lowest BCUT2D eigenvalue weighted by atomic mass is 10.1. The minimum Gasteiger partial charge on any atom is -0.490 e. The van der Waals surface area contributed by atoms with Gasteiger partial charge in [0.25, 0.3) is 5.91 Å². The molecular formula is C18H26N2O4. The number of para-hydroxylation sites is 1. The van der Waals surface area contributed by atoms with Crippen LogP contribution in [0.3, 0.4) is 0 Å². The van der Waals surface area contributed by atoms with Crippen LogP contribution < -0.4 is 15.4 Å². The Labute approximate surface area is 142 Å². The minimum atomic E-state index is -0.592. The van der Waals surface area contributed by atoms with Crippen molar-refractivity contribution in [2.45, 2.75) is 44.7 Å². The van der Waals surface area contributed by atoms with Crippen molar-refractivity contribution in [2.24, 2.45) is 0 Å². The number of rotatable bonds is 8. The van der Waals surface area contributed by atoms with E-state index in [1.165, 1.54) is 0 Å². The lowest BCUT2D eigenvalue weighted by molar-refractivity contribution is -0.123. The zero-order valence-electron chi connectivity index (χ0n) is 14.3. The van der Waals surface area contributed by atoms with Crippen molar-refractivity contribution in [1.29, 1.82) is 0 Å². The first-order chi connectivity index (χ1) is 11.6. The molecule has 2 amide bonds. The summed E-state index contributed by atoms with van der Waals surface area (Å²) in [5.41, 5.74) is 0.411. The Hall–Kier alpha value is -2.08. The van der Waals surface area contributed by atoms with E-state index in [2.05, 4.69) is 10.6 Å². The van der Waals surface area contributed by atoms with Gasteiger partial charge in [0.1, 0.15) is 18.4 Å². The molecule has 1 saturated carbocycles. The molecule has 0 aromatic heterocycles. The number of methoxy groups -OCH3 is 1. The standard InChI is InChI=1S/C18H26N2O4/c1-13(17(21)20-14-7-3-4-8-14)19-18(22)15-9-5-6-10-16(15)24-12-11-23-2/h5-6,9-10,13-14H,3-4,7-8,11-12H2,1-2H3,(H,19,22)(H,20,21)/t13-/m0/s1. The molecule has 132 valence electrons. The summed E-state index contributed by atoms with van der Waals surface area (Å²) < 4.78 is 10.5. The molecule has 2 N–H and O–H groups in total. The van der Waals surface area contributed by atoms with Crippen molar-refractivity contribution in [1.82, 2.24) is 10.6 Å². The van der Waals surface area contributed by atoms with Gasteiger partial charge in [0.2, 0.25) is 5.91 Å². The van der Waals surface area contributed by atoms with Crippen LogP contribution in [0.5, 0.6) is 5.75 Å². The second-order valence-electron chi connectivity index (χ2n) is 6.02. The zero-order chi connectivity index (χ0) is 17.4. The van der Waals surface area contributed by atoms with Crippen molar-refractivity contribution < 1.29 is 19.1 Å². The van der Waals surface area contributed by atoms with E-state index in [4.69, 9.17) is 9.47 Å². The molecular weight excluding hydrogens is 308 g/mol. The van der Waals surface area contributed by atoms with Crippen molar-refractivity contribution in [2.75, 3.05) is 20.3 Å². The van der Waals surface area contributed by atoms with Crippen LogP contribution >= 0.6 is 0 Å². The molecule has 0 aliphatic heterocycles. The predicted molar refractivity (Wildman–Crippen MR) is 91.1 cm³/mol. The molecule has 0 bridgehead atoms. The summed E-state index contributed by atoms with van der Waals surface area (Å²) >= 11 is 0. The average Bonchev–Trinajstić information content (AvgIpc) is 3.08. The van der Waals surface area contributed by atoms with Crippen molar-refractivity contribution in [3.63, 3.8) is 0 Å². The molecule has 0 saturated heterocycles. The summed E-state index contributed by atoms with van der Waals surface area (Å²) in [6.45, 7) is 2.49. The summed E-state index contributed by atoms with van der Waals surface area (Å²) in [7, 11) is 1.59. The van der Waals surface area contributed by atoms with E-state index in [9.17, 15) is 9.59 Å². The first-order valence-corrected chi connectivity index (χ1v) is 8.44. The van der Waals surface area contributed by atoms with Crippen molar-refractivity contribution in [3.05, 3.63) is 29.8 Å². The van der Waals surface area contributed by atoms with Gasteiger partial charge in [0.15, 0.2) is 0 Å². The Balaban J connectivity index is 1.92. The lowest BCUT2D eigenvalue weighted by Gasteiger charge is -2.18. The van der Waals surface area contributed by atoms with E-state index in [0.29, 0.717) is 24.5 Å². The fourth-order valence-electron chi connectivity index (χ4n) is 2.75. The molecule has 0 radical (unpaired) electrons. The van der Waals surface area contributed by atoms with E-state index in [1.807, 2.05) is 0 Å². The largest absolute Gasteiger partial charge is 0.490 e. The third-order valence-electron chi connectivity index (χ3n) is 4.12. The maximum Gasteiger partial charge on any atom is 0.255 e. The number of hydrogen-bond donors (Lipinski definition) is 2. The third-order valence-corrected chi connectivity index (χ3v) is 4.12. The van der Waals surface area contributed by atoms with E-state index in [0.717, 1.165) is 25.7 Å². The van der Waals surface area contributed by atoms with Crippen LogP contribution in [0.4, 0.5) is 0 Å². The van der Waals surface area contributed by atoms with E-state index in [-0.39, 0.29) is 17.9 Å². The van der Waals surface area contributed by atoms with Gasteiger partial charge in [-0.1, -0.05) is 25.0 Å². The smallest absolute Gasteiger partial charge is 0.255 e. The predicted octanol–water partition coefficient (Wildman–Crippen LogP) is 1.89. The van der Waals surface area contributed by atoms with Crippen LogP contribution in [0.2, 0.25) is 0 Å². The van der Waals surface area contributed by atoms with Gasteiger partial charge in [-0.05, 0) is 31.9 Å². The highest BCUT2D eigenvalue weighted by Gasteiger charge is 2.23. The van der Waals surface area contributed by atoms with Crippen LogP contribution in [-0.4, -0.2) is 44.2 Å². The highest BCUT2D eigenvalue weighted by atomic mass is 16.5. The fourth-order valence-corrected chi connectivity index (χ4v) is 2.75. The molecule has 6 heteroatoms. The number of carbonyl (C=O) groups excluding carboxylic acids is 2. The Morgan fingerprint density at radius 3 is 2.62 bits per heavy atom. The van der Waals surface area contributed by atoms with Crippen LogP contribution in [0.1, 0.15) is 43.0 Å². The van der Waals surface area contributed by atoms with Gasteiger partial charge < -0.3 is 20.1 Å². The van der Waals surface area contributed by atoms with Crippen LogP contribution in [-0.2, 0) is 9.53 Å². The lowest BCUT2D eigenvalue weighted by Crippen LogP contribution is -2.47. The second-order valence-corrected chi connectivity index (χ2v) is 6.02. The van der Waals surface area contributed by atoms with Gasteiger partial charge in [-0.25, -0.2) is 0 Å². The van der Waals surface area contributed by atoms with E-state index >= 15 is 0 Å². The summed E-state index contributed by atoms with van der Waals surface area (Å²) in [5, 5.41) is 5.73. The Kier molecular flexibility index (Phi) is 7.06. The molecule has 24 heavy (non-hydrogen) atoms. The topological polar surface area (TPSA) is 76.7 Å². The number of nitrogens with one attached hydrogen (secondary N) is 2. The molecule has 6 nitrogen and oxygen atoms in total. The number of benzene rings is 1. The van der Waals surface area contributed by atoms with Gasteiger partial charge in [0, 0.05) is 13.2 Å². The molecule has 0 spiro atoms. The highest BCUT2D eigenvalue weighted by molar-refractivity contribution is 5.99. The molecule has 1 atom stereocenters. The van der Waals surface area contributed by atoms with Gasteiger partial charge >= 0.3 is 0 Å². The molecule has 0 unspecified atom stereocenters. The van der Waals surface area contributed by atoms with Gasteiger partial charge in [-0.15, -0.1) is 0 Å². The van der Waals surface area contributed by atoms with Crippen LogP contribution in [0, 0.1) is 0 Å². The SMILES string of the molecule is COCCOc1ccccc1C(=O)N[C@@H](C)C(=O)NC1CCCC1. The number of ether oxygens (including phenoxy) is 2. The summed E-state index contributed by atoms with van der Waals surface area (Å²) in [6, 6.07) is 6.62. The second kappa shape index (κ2) is 9.27. The summed E-state index contributed by atoms with van der Waals surface area (Å²) in [5.74, 6) is 0.0144.